The lowest BCUT2D eigenvalue weighted by molar-refractivity contribution is -0.120. The number of rotatable bonds is 7. The van der Waals surface area contributed by atoms with Crippen LogP contribution in [0.1, 0.15) is 15.4 Å². The number of hydrogen-bond donors (Lipinski definition) is 0. The first-order valence-electron chi connectivity index (χ1n) is 10.2. The summed E-state index contributed by atoms with van der Waals surface area (Å²) < 4.78 is 10.5. The fraction of sp³-hybridized carbons (Fsp3) is 0.304. The van der Waals surface area contributed by atoms with Gasteiger partial charge in [0.1, 0.15) is 5.75 Å². The maximum atomic E-state index is 13.3. The van der Waals surface area contributed by atoms with Gasteiger partial charge in [-0.15, -0.1) is 11.3 Å². The highest BCUT2D eigenvalue weighted by atomic mass is 32.1. The zero-order chi connectivity index (χ0) is 21.6. The number of benzene rings is 1. The first-order chi connectivity index (χ1) is 15.1. The Bertz CT molecular complexity index is 979. The summed E-state index contributed by atoms with van der Waals surface area (Å²) >= 11 is 1.63. The van der Waals surface area contributed by atoms with Gasteiger partial charge in [-0.2, -0.15) is 0 Å². The maximum Gasteiger partial charge on any atom is 0.289 e. The van der Waals surface area contributed by atoms with Gasteiger partial charge in [-0.25, -0.2) is 0 Å². The van der Waals surface area contributed by atoms with Crippen LogP contribution in [0.5, 0.6) is 5.75 Å². The Morgan fingerprint density at radius 3 is 2.45 bits per heavy atom. The summed E-state index contributed by atoms with van der Waals surface area (Å²) in [6.45, 7) is 3.27. The maximum absolute atomic E-state index is 13.3. The summed E-state index contributed by atoms with van der Waals surface area (Å²) in [6.07, 6.45) is 1.50. The predicted molar refractivity (Wildman–Crippen MR) is 120 cm³/mol. The number of carbonyl (C=O) groups is 2. The molecule has 1 aliphatic heterocycles. The van der Waals surface area contributed by atoms with E-state index >= 15 is 0 Å². The zero-order valence-corrected chi connectivity index (χ0v) is 18.2. The Morgan fingerprint density at radius 1 is 1.06 bits per heavy atom. The third-order valence-corrected chi connectivity index (χ3v) is 6.19. The van der Waals surface area contributed by atoms with Crippen LogP contribution in [0.4, 0.5) is 5.69 Å². The Morgan fingerprint density at radius 2 is 1.84 bits per heavy atom. The van der Waals surface area contributed by atoms with E-state index in [-0.39, 0.29) is 11.8 Å². The number of nitrogens with zero attached hydrogens (tertiary/aromatic N) is 3. The Hall–Kier alpha value is -3.10. The molecule has 0 unspecified atom stereocenters. The van der Waals surface area contributed by atoms with Crippen molar-refractivity contribution in [2.75, 3.05) is 44.7 Å². The minimum Gasteiger partial charge on any atom is -0.497 e. The highest BCUT2D eigenvalue weighted by Gasteiger charge is 2.26. The molecule has 162 valence electrons. The summed E-state index contributed by atoms with van der Waals surface area (Å²) in [6, 6.07) is 15.0. The van der Waals surface area contributed by atoms with E-state index in [1.165, 1.54) is 6.26 Å². The molecule has 0 aliphatic carbocycles. The van der Waals surface area contributed by atoms with Gasteiger partial charge in [-0.05, 0) is 47.8 Å². The van der Waals surface area contributed by atoms with Gasteiger partial charge in [0.25, 0.3) is 5.91 Å². The predicted octanol–water partition coefficient (Wildman–Crippen LogP) is 3.34. The number of furan rings is 1. The number of carbonyl (C=O) groups excluding carboxylic acids is 2. The van der Waals surface area contributed by atoms with Crippen molar-refractivity contribution in [1.29, 1.82) is 0 Å². The van der Waals surface area contributed by atoms with E-state index < -0.39 is 0 Å². The first-order valence-corrected chi connectivity index (χ1v) is 11.0. The van der Waals surface area contributed by atoms with E-state index in [0.29, 0.717) is 45.0 Å². The SMILES string of the molecule is COc1ccc(N(Cc2cccs2)C(=O)CN2CCN(C(=O)c3ccco3)CC2)cc1. The molecule has 1 aromatic carbocycles. The highest BCUT2D eigenvalue weighted by Crippen LogP contribution is 2.23. The largest absolute Gasteiger partial charge is 0.497 e. The summed E-state index contributed by atoms with van der Waals surface area (Å²) in [7, 11) is 1.62. The third kappa shape index (κ3) is 5.15. The molecule has 3 heterocycles. The van der Waals surface area contributed by atoms with Crippen molar-refractivity contribution in [3.05, 3.63) is 70.8 Å². The second-order valence-electron chi connectivity index (χ2n) is 7.30. The molecule has 0 spiro atoms. The Balaban J connectivity index is 1.39. The number of methoxy groups -OCH3 is 1. The molecule has 31 heavy (non-hydrogen) atoms. The molecule has 0 radical (unpaired) electrons. The number of anilines is 1. The first kappa shape index (κ1) is 21.1. The topological polar surface area (TPSA) is 66.2 Å². The van der Waals surface area contributed by atoms with Gasteiger partial charge < -0.3 is 19.0 Å². The lowest BCUT2D eigenvalue weighted by atomic mass is 10.2. The van der Waals surface area contributed by atoms with Gasteiger partial charge in [-0.3, -0.25) is 14.5 Å². The monoisotopic (exact) mass is 439 g/mol. The van der Waals surface area contributed by atoms with E-state index in [4.69, 9.17) is 9.15 Å². The molecule has 1 aliphatic rings. The summed E-state index contributed by atoms with van der Waals surface area (Å²) in [5, 5.41) is 2.02. The molecule has 0 saturated carbocycles. The molecule has 4 rings (SSSR count). The van der Waals surface area contributed by atoms with Crippen molar-refractivity contribution in [3.63, 3.8) is 0 Å². The van der Waals surface area contributed by atoms with Gasteiger partial charge in [0.15, 0.2) is 5.76 Å². The number of hydrogen-bond acceptors (Lipinski definition) is 6. The fourth-order valence-corrected chi connectivity index (χ4v) is 4.28. The summed E-state index contributed by atoms with van der Waals surface area (Å²) in [5.41, 5.74) is 0.839. The third-order valence-electron chi connectivity index (χ3n) is 5.33. The van der Waals surface area contributed by atoms with Crippen LogP contribution < -0.4 is 9.64 Å². The average Bonchev–Trinajstić information content (AvgIpc) is 3.52. The minimum atomic E-state index is -0.103. The van der Waals surface area contributed by atoms with Crippen LogP contribution in [-0.4, -0.2) is 61.4 Å². The average molecular weight is 440 g/mol. The number of piperazine rings is 1. The summed E-state index contributed by atoms with van der Waals surface area (Å²) in [4.78, 5) is 32.5. The molecule has 2 aromatic heterocycles. The van der Waals surface area contributed by atoms with Crippen molar-refractivity contribution in [1.82, 2.24) is 9.80 Å². The van der Waals surface area contributed by atoms with Crippen molar-refractivity contribution >= 4 is 28.8 Å². The van der Waals surface area contributed by atoms with Crippen molar-refractivity contribution < 1.29 is 18.7 Å². The molecular formula is C23H25N3O4S. The zero-order valence-electron chi connectivity index (χ0n) is 17.4. The molecule has 3 aromatic rings. The van der Waals surface area contributed by atoms with Crippen molar-refractivity contribution in [2.24, 2.45) is 0 Å². The summed E-state index contributed by atoms with van der Waals surface area (Å²) in [5.74, 6) is 1.04. The molecular weight excluding hydrogens is 414 g/mol. The Labute approximate surface area is 185 Å². The lowest BCUT2D eigenvalue weighted by Gasteiger charge is -2.35. The fourth-order valence-electron chi connectivity index (χ4n) is 3.59. The van der Waals surface area contributed by atoms with Crippen LogP contribution in [0.15, 0.2) is 64.6 Å². The van der Waals surface area contributed by atoms with E-state index in [1.54, 1.807) is 35.5 Å². The normalized spacial score (nSPS) is 14.4. The van der Waals surface area contributed by atoms with Gasteiger partial charge in [-0.1, -0.05) is 6.07 Å². The van der Waals surface area contributed by atoms with E-state index in [0.717, 1.165) is 16.3 Å². The molecule has 1 saturated heterocycles. The van der Waals surface area contributed by atoms with Crippen LogP contribution >= 0.6 is 11.3 Å². The number of thiophene rings is 1. The van der Waals surface area contributed by atoms with E-state index in [9.17, 15) is 9.59 Å². The molecule has 7 nitrogen and oxygen atoms in total. The van der Waals surface area contributed by atoms with Crippen molar-refractivity contribution in [2.45, 2.75) is 6.54 Å². The second kappa shape index (κ2) is 9.80. The quantitative estimate of drug-likeness (QED) is 0.565. The molecule has 8 heteroatoms. The number of ether oxygens (including phenoxy) is 1. The van der Waals surface area contributed by atoms with Crippen LogP contribution in [-0.2, 0) is 11.3 Å². The van der Waals surface area contributed by atoms with E-state index in [2.05, 4.69) is 4.90 Å². The van der Waals surface area contributed by atoms with E-state index in [1.807, 2.05) is 46.7 Å². The smallest absolute Gasteiger partial charge is 0.289 e. The molecule has 0 atom stereocenters. The van der Waals surface area contributed by atoms with Crippen LogP contribution in [0.3, 0.4) is 0 Å². The highest BCUT2D eigenvalue weighted by molar-refractivity contribution is 7.09. The number of amides is 2. The van der Waals surface area contributed by atoms with Crippen LogP contribution in [0, 0.1) is 0 Å². The minimum absolute atomic E-state index is 0.0318. The van der Waals surface area contributed by atoms with Crippen molar-refractivity contribution in [3.8, 4) is 5.75 Å². The molecule has 0 N–H and O–H groups in total. The molecule has 2 amide bonds. The van der Waals surface area contributed by atoms with Gasteiger partial charge in [0.2, 0.25) is 5.91 Å². The second-order valence-corrected chi connectivity index (χ2v) is 8.34. The molecule has 0 bridgehead atoms. The van der Waals surface area contributed by atoms with Gasteiger partial charge >= 0.3 is 0 Å². The van der Waals surface area contributed by atoms with Crippen LogP contribution in [0.25, 0.3) is 0 Å². The van der Waals surface area contributed by atoms with Gasteiger partial charge in [0, 0.05) is 36.7 Å². The van der Waals surface area contributed by atoms with Gasteiger partial charge in [0.05, 0.1) is 26.5 Å². The Kier molecular flexibility index (Phi) is 6.69. The lowest BCUT2D eigenvalue weighted by Crippen LogP contribution is -2.51. The van der Waals surface area contributed by atoms with Crippen LogP contribution in [0.2, 0.25) is 0 Å². The standard InChI is InChI=1S/C23H25N3O4S/c1-29-19-8-6-18(7-9-19)26(16-20-4-3-15-31-20)22(27)17-24-10-12-25(13-11-24)23(28)21-5-2-14-30-21/h2-9,14-15H,10-13,16-17H2,1H3. The molecule has 1 fully saturated rings.